The van der Waals surface area contributed by atoms with Crippen LogP contribution in [0.1, 0.15) is 18.9 Å². The van der Waals surface area contributed by atoms with Crippen molar-refractivity contribution in [1.82, 2.24) is 4.90 Å². The minimum atomic E-state index is -3.57. The molecule has 0 unspecified atom stereocenters. The van der Waals surface area contributed by atoms with Gasteiger partial charge in [0.2, 0.25) is 0 Å². The second-order valence-electron chi connectivity index (χ2n) is 6.11. The maximum atomic E-state index is 13.1. The normalized spacial score (nSPS) is 11.7. The quantitative estimate of drug-likeness (QED) is 0.735. The van der Waals surface area contributed by atoms with Crippen LogP contribution in [0.4, 0.5) is 5.69 Å². The third kappa shape index (κ3) is 4.58. The molecule has 0 amide bonds. The Morgan fingerprint density at radius 2 is 1.50 bits per heavy atom. The lowest BCUT2D eigenvalue weighted by Crippen LogP contribution is -2.36. The first-order valence-corrected chi connectivity index (χ1v) is 9.70. The van der Waals surface area contributed by atoms with Crippen LogP contribution in [0.2, 0.25) is 0 Å². The zero-order valence-corrected chi connectivity index (χ0v) is 15.5. The Bertz CT molecular complexity index is 726. The van der Waals surface area contributed by atoms with E-state index < -0.39 is 10.0 Å². The Morgan fingerprint density at radius 3 is 2.04 bits per heavy atom. The van der Waals surface area contributed by atoms with E-state index in [1.165, 1.54) is 4.31 Å². The van der Waals surface area contributed by atoms with E-state index in [2.05, 4.69) is 6.92 Å². The van der Waals surface area contributed by atoms with Crippen molar-refractivity contribution < 1.29 is 8.42 Å². The van der Waals surface area contributed by atoms with E-state index in [4.69, 9.17) is 0 Å². The van der Waals surface area contributed by atoms with E-state index >= 15 is 0 Å². The summed E-state index contributed by atoms with van der Waals surface area (Å²) in [6.45, 7) is 3.18. The summed E-state index contributed by atoms with van der Waals surface area (Å²) in [6, 6.07) is 16.5. The fourth-order valence-electron chi connectivity index (χ4n) is 2.52. The van der Waals surface area contributed by atoms with Gasteiger partial charge in [-0.05, 0) is 50.3 Å². The summed E-state index contributed by atoms with van der Waals surface area (Å²) in [4.78, 5) is 2.32. The molecule has 0 aliphatic heterocycles. The lowest BCUT2D eigenvalue weighted by molar-refractivity contribution is 0.419. The van der Waals surface area contributed by atoms with E-state index in [0.29, 0.717) is 23.7 Å². The van der Waals surface area contributed by atoms with Gasteiger partial charge in [-0.1, -0.05) is 43.7 Å². The molecule has 2 rings (SSSR count). The Morgan fingerprint density at radius 1 is 0.875 bits per heavy atom. The molecule has 0 atom stereocenters. The molecule has 0 saturated heterocycles. The molecule has 5 heteroatoms. The number of likely N-dealkylation sites (N-methyl/N-ethyl adjacent to an activating group) is 1. The summed E-state index contributed by atoms with van der Waals surface area (Å²) in [5, 5.41) is 0. The van der Waals surface area contributed by atoms with E-state index in [1.54, 1.807) is 12.1 Å². The number of para-hydroxylation sites is 1. The van der Waals surface area contributed by atoms with Crippen molar-refractivity contribution in [1.29, 1.82) is 0 Å². The summed E-state index contributed by atoms with van der Waals surface area (Å²) in [5.74, 6) is 0. The van der Waals surface area contributed by atoms with Crippen molar-refractivity contribution in [2.24, 2.45) is 0 Å². The lowest BCUT2D eigenvalue weighted by atomic mass is 10.1. The summed E-state index contributed by atoms with van der Waals surface area (Å²) in [7, 11) is 0.305. The summed E-state index contributed by atoms with van der Waals surface area (Å²) in [6.07, 6.45) is 2.01. The summed E-state index contributed by atoms with van der Waals surface area (Å²) >= 11 is 0. The number of hydrogen-bond donors (Lipinski definition) is 0. The number of anilines is 1. The Labute approximate surface area is 145 Å². The molecule has 0 aliphatic rings. The van der Waals surface area contributed by atoms with Gasteiger partial charge >= 0.3 is 0 Å². The first-order chi connectivity index (χ1) is 11.4. The SMILES string of the molecule is CCCc1ccc(S(=O)(=O)N(CCN(C)C)c2ccccc2)cc1. The van der Waals surface area contributed by atoms with Crippen molar-refractivity contribution in [3.05, 3.63) is 60.2 Å². The molecule has 24 heavy (non-hydrogen) atoms. The van der Waals surface area contributed by atoms with Gasteiger partial charge in [-0.15, -0.1) is 0 Å². The molecular weight excluding hydrogens is 320 g/mol. The second kappa shape index (κ2) is 8.31. The molecule has 0 N–H and O–H groups in total. The Balaban J connectivity index is 2.35. The van der Waals surface area contributed by atoms with Crippen molar-refractivity contribution in [3.63, 3.8) is 0 Å². The molecule has 0 saturated carbocycles. The second-order valence-corrected chi connectivity index (χ2v) is 7.97. The number of rotatable bonds is 8. The van der Waals surface area contributed by atoms with Crippen molar-refractivity contribution in [3.8, 4) is 0 Å². The van der Waals surface area contributed by atoms with Gasteiger partial charge in [0.05, 0.1) is 10.6 Å². The number of sulfonamides is 1. The van der Waals surface area contributed by atoms with Crippen molar-refractivity contribution >= 4 is 15.7 Å². The molecule has 0 bridgehead atoms. The first kappa shape index (κ1) is 18.5. The van der Waals surface area contributed by atoms with Crippen LogP contribution in [0.15, 0.2) is 59.5 Å². The van der Waals surface area contributed by atoms with Gasteiger partial charge in [0.25, 0.3) is 10.0 Å². The molecule has 2 aromatic carbocycles. The van der Waals surface area contributed by atoms with E-state index in [1.807, 2.05) is 61.5 Å². The molecular formula is C19H26N2O2S. The van der Waals surface area contributed by atoms with E-state index in [9.17, 15) is 8.42 Å². The van der Waals surface area contributed by atoms with Gasteiger partial charge in [-0.2, -0.15) is 0 Å². The minimum absolute atomic E-state index is 0.338. The van der Waals surface area contributed by atoms with Gasteiger partial charge in [-0.3, -0.25) is 4.31 Å². The number of nitrogens with zero attached hydrogens (tertiary/aromatic N) is 2. The molecule has 0 fully saturated rings. The fourth-order valence-corrected chi connectivity index (χ4v) is 3.97. The maximum absolute atomic E-state index is 13.1. The van der Waals surface area contributed by atoms with Crippen LogP contribution in [0.3, 0.4) is 0 Å². The molecule has 2 aromatic rings. The molecule has 4 nitrogen and oxygen atoms in total. The van der Waals surface area contributed by atoms with Crippen LogP contribution in [0.25, 0.3) is 0 Å². The van der Waals surface area contributed by atoms with Crippen LogP contribution in [-0.2, 0) is 16.4 Å². The standard InChI is InChI=1S/C19H26N2O2S/c1-4-8-17-11-13-19(14-12-17)24(22,23)21(16-15-20(2)3)18-9-6-5-7-10-18/h5-7,9-14H,4,8,15-16H2,1-3H3. The Hall–Kier alpha value is -1.85. The third-order valence-electron chi connectivity index (χ3n) is 3.84. The van der Waals surface area contributed by atoms with Crippen LogP contribution >= 0.6 is 0 Å². The average Bonchev–Trinajstić information content (AvgIpc) is 2.56. The van der Waals surface area contributed by atoms with Crippen molar-refractivity contribution in [2.45, 2.75) is 24.7 Å². The third-order valence-corrected chi connectivity index (χ3v) is 5.69. The number of hydrogen-bond acceptors (Lipinski definition) is 3. The molecule has 0 heterocycles. The fraction of sp³-hybridized carbons (Fsp3) is 0.368. The van der Waals surface area contributed by atoms with Gasteiger partial charge in [0, 0.05) is 13.1 Å². The minimum Gasteiger partial charge on any atom is -0.308 e. The monoisotopic (exact) mass is 346 g/mol. The number of aryl methyl sites for hydroxylation is 1. The highest BCUT2D eigenvalue weighted by molar-refractivity contribution is 7.92. The maximum Gasteiger partial charge on any atom is 0.264 e. The van der Waals surface area contributed by atoms with Crippen LogP contribution in [-0.4, -0.2) is 40.5 Å². The molecule has 0 radical (unpaired) electrons. The van der Waals surface area contributed by atoms with Gasteiger partial charge in [-0.25, -0.2) is 8.42 Å². The first-order valence-electron chi connectivity index (χ1n) is 8.26. The van der Waals surface area contributed by atoms with E-state index in [0.717, 1.165) is 18.4 Å². The smallest absolute Gasteiger partial charge is 0.264 e. The van der Waals surface area contributed by atoms with Gasteiger partial charge in [0.1, 0.15) is 0 Å². The van der Waals surface area contributed by atoms with Crippen LogP contribution < -0.4 is 4.31 Å². The predicted octanol–water partition coefficient (Wildman–Crippen LogP) is 3.40. The molecule has 0 aliphatic carbocycles. The topological polar surface area (TPSA) is 40.6 Å². The lowest BCUT2D eigenvalue weighted by Gasteiger charge is -2.26. The molecule has 0 spiro atoms. The van der Waals surface area contributed by atoms with Crippen LogP contribution in [0, 0.1) is 0 Å². The highest BCUT2D eigenvalue weighted by Crippen LogP contribution is 2.23. The molecule has 0 aromatic heterocycles. The van der Waals surface area contributed by atoms with Gasteiger partial charge in [0.15, 0.2) is 0 Å². The predicted molar refractivity (Wildman–Crippen MR) is 100.0 cm³/mol. The summed E-state index contributed by atoms with van der Waals surface area (Å²) < 4.78 is 27.7. The highest BCUT2D eigenvalue weighted by atomic mass is 32.2. The van der Waals surface area contributed by atoms with Crippen LogP contribution in [0.5, 0.6) is 0 Å². The summed E-state index contributed by atoms with van der Waals surface area (Å²) in [5.41, 5.74) is 1.85. The van der Waals surface area contributed by atoms with E-state index in [-0.39, 0.29) is 0 Å². The van der Waals surface area contributed by atoms with Crippen molar-refractivity contribution in [2.75, 3.05) is 31.5 Å². The number of benzene rings is 2. The zero-order valence-electron chi connectivity index (χ0n) is 14.6. The average molecular weight is 346 g/mol. The Kier molecular flexibility index (Phi) is 6.40. The highest BCUT2D eigenvalue weighted by Gasteiger charge is 2.24. The molecule has 130 valence electrons. The zero-order chi connectivity index (χ0) is 17.6. The largest absolute Gasteiger partial charge is 0.308 e. The van der Waals surface area contributed by atoms with Gasteiger partial charge < -0.3 is 4.90 Å².